The van der Waals surface area contributed by atoms with Crippen LogP contribution in [-0.2, 0) is 26.2 Å². The van der Waals surface area contributed by atoms with E-state index in [9.17, 15) is 0 Å². The van der Waals surface area contributed by atoms with Gasteiger partial charge in [0.05, 0.1) is 0 Å². The fourth-order valence-corrected chi connectivity index (χ4v) is 2.08. The molecular weight excluding hydrogens is 367 g/mol. The molecule has 0 amide bonds. The molecule has 123 valence electrons. The smallest absolute Gasteiger partial charge is 0.269 e. The summed E-state index contributed by atoms with van der Waals surface area (Å²) >= 11 is 0. The summed E-state index contributed by atoms with van der Waals surface area (Å²) in [6, 6.07) is 19.7. The first-order chi connectivity index (χ1) is 11.1. The molecule has 0 unspecified atom stereocenters. The molecule has 0 fully saturated rings. The molecule has 24 heavy (non-hydrogen) atoms. The Morgan fingerprint density at radius 2 is 1.33 bits per heavy atom. The van der Waals surface area contributed by atoms with Crippen molar-refractivity contribution in [1.29, 1.82) is 0 Å². The monoisotopic (exact) mass is 393 g/mol. The molecule has 0 saturated heterocycles. The summed E-state index contributed by atoms with van der Waals surface area (Å²) in [7, 11) is 0. The number of rotatable bonds is 2. The van der Waals surface area contributed by atoms with Crippen LogP contribution in [0.2, 0.25) is 0 Å². The average Bonchev–Trinajstić information content (AvgIpc) is 2.96. The first-order valence-corrected chi connectivity index (χ1v) is 8.14. The van der Waals surface area contributed by atoms with Gasteiger partial charge in [-0.15, -0.1) is 37.6 Å². The van der Waals surface area contributed by atoms with Crippen LogP contribution in [0.15, 0.2) is 77.9 Å². The first-order valence-electron chi connectivity index (χ1n) is 8.14. The first kappa shape index (κ1) is 22.5. The molecule has 0 bridgehead atoms. The minimum atomic E-state index is 0. The third-order valence-corrected chi connectivity index (χ3v) is 3.39. The van der Waals surface area contributed by atoms with Gasteiger partial charge >= 0.3 is 26.2 Å². The van der Waals surface area contributed by atoms with Crippen molar-refractivity contribution in [2.24, 2.45) is 0 Å². The van der Waals surface area contributed by atoms with E-state index in [1.165, 1.54) is 24.0 Å². The largest absolute Gasteiger partial charge is 3.00 e. The van der Waals surface area contributed by atoms with Crippen LogP contribution in [0, 0.1) is 19.9 Å². The molecule has 1 heteroatoms. The molecule has 0 nitrogen and oxygen atoms in total. The van der Waals surface area contributed by atoms with Crippen molar-refractivity contribution >= 4 is 0 Å². The van der Waals surface area contributed by atoms with E-state index in [1.54, 1.807) is 0 Å². The summed E-state index contributed by atoms with van der Waals surface area (Å²) < 4.78 is 0. The molecular formula is C23H27Zr. The van der Waals surface area contributed by atoms with Crippen molar-refractivity contribution in [3.63, 3.8) is 0 Å². The Morgan fingerprint density at radius 3 is 1.58 bits per heavy atom. The van der Waals surface area contributed by atoms with Crippen LogP contribution >= 0.6 is 0 Å². The molecule has 0 aromatic heterocycles. The maximum absolute atomic E-state index is 3.72. The van der Waals surface area contributed by atoms with E-state index in [4.69, 9.17) is 0 Å². The van der Waals surface area contributed by atoms with E-state index in [1.807, 2.05) is 60.7 Å². The standard InChI is InChI=1S/C9H13.2C7H7.Zr/c1-3-5-9-7-4-6-8(9)2;2*1-7-5-3-2-4-6-7;/h6H,3-5H2,1-2H3;2*2-6H,1H2;/q3*-1;+3. The Labute approximate surface area is 167 Å². The predicted molar refractivity (Wildman–Crippen MR) is 102 cm³/mol. The molecule has 1 aliphatic carbocycles. The van der Waals surface area contributed by atoms with E-state index >= 15 is 0 Å². The Hall–Kier alpha value is -1.46. The van der Waals surface area contributed by atoms with Gasteiger partial charge in [-0.05, 0) is 0 Å². The zero-order valence-electron chi connectivity index (χ0n) is 14.9. The van der Waals surface area contributed by atoms with Gasteiger partial charge in [0.25, 0.3) is 0 Å². The molecule has 0 heterocycles. The van der Waals surface area contributed by atoms with Gasteiger partial charge in [-0.1, -0.05) is 31.9 Å². The van der Waals surface area contributed by atoms with Crippen molar-refractivity contribution in [3.8, 4) is 0 Å². The molecule has 2 aromatic rings. The summed E-state index contributed by atoms with van der Waals surface area (Å²) in [5, 5.41) is 0. The van der Waals surface area contributed by atoms with Gasteiger partial charge in [0.15, 0.2) is 0 Å². The molecule has 1 aliphatic rings. The van der Waals surface area contributed by atoms with Gasteiger partial charge in [-0.2, -0.15) is 55.3 Å². The number of benzene rings is 2. The fraction of sp³-hybridized carbons (Fsp3) is 0.217. The molecule has 0 aliphatic heterocycles. The van der Waals surface area contributed by atoms with Crippen LogP contribution in [0.5, 0.6) is 0 Å². The maximum Gasteiger partial charge on any atom is 3.00 e. The van der Waals surface area contributed by atoms with Crippen molar-refractivity contribution < 1.29 is 26.2 Å². The molecule has 1 radical (unpaired) electrons. The van der Waals surface area contributed by atoms with Crippen LogP contribution in [0.4, 0.5) is 0 Å². The molecule has 0 spiro atoms. The molecule has 3 rings (SSSR count). The van der Waals surface area contributed by atoms with Crippen molar-refractivity contribution in [1.82, 2.24) is 0 Å². The van der Waals surface area contributed by atoms with E-state index < -0.39 is 0 Å². The van der Waals surface area contributed by atoms with Gasteiger partial charge in [0.1, 0.15) is 0 Å². The third-order valence-electron chi connectivity index (χ3n) is 3.39. The van der Waals surface area contributed by atoms with E-state index in [2.05, 4.69) is 39.8 Å². The summed E-state index contributed by atoms with van der Waals surface area (Å²) in [5.41, 5.74) is 5.03. The average molecular weight is 395 g/mol. The summed E-state index contributed by atoms with van der Waals surface area (Å²) in [6.45, 7) is 11.8. The topological polar surface area (TPSA) is 0 Å². The van der Waals surface area contributed by atoms with Crippen molar-refractivity contribution in [2.45, 2.75) is 33.1 Å². The van der Waals surface area contributed by atoms with Gasteiger partial charge in [0, 0.05) is 0 Å². The van der Waals surface area contributed by atoms with Gasteiger partial charge in [0.2, 0.25) is 0 Å². The molecule has 0 N–H and O–H groups in total. The van der Waals surface area contributed by atoms with E-state index in [-0.39, 0.29) is 26.2 Å². The third kappa shape index (κ3) is 10.3. The van der Waals surface area contributed by atoms with Crippen LogP contribution in [0.25, 0.3) is 0 Å². The van der Waals surface area contributed by atoms with E-state index in [0.29, 0.717) is 0 Å². The van der Waals surface area contributed by atoms with Crippen LogP contribution in [-0.4, -0.2) is 0 Å². The predicted octanol–water partition coefficient (Wildman–Crippen LogP) is 6.60. The van der Waals surface area contributed by atoms with Crippen molar-refractivity contribution in [2.75, 3.05) is 0 Å². The van der Waals surface area contributed by atoms with Gasteiger partial charge in [-0.25, -0.2) is 11.1 Å². The summed E-state index contributed by atoms with van der Waals surface area (Å²) in [4.78, 5) is 0. The SMILES string of the molecule is CCCC1=[C-]CC=C1C.[CH2-]c1ccccc1.[CH2-]c1ccccc1.[Zr+3]. The quantitative estimate of drug-likeness (QED) is 0.503. The van der Waals surface area contributed by atoms with Gasteiger partial charge < -0.3 is 0 Å². The molecule has 2 aromatic carbocycles. The van der Waals surface area contributed by atoms with Gasteiger partial charge in [-0.3, -0.25) is 6.08 Å². The van der Waals surface area contributed by atoms with Crippen molar-refractivity contribution in [3.05, 3.63) is 109 Å². The Balaban J connectivity index is 0.000000327. The normalized spacial score (nSPS) is 11.6. The summed E-state index contributed by atoms with van der Waals surface area (Å²) in [6.07, 6.45) is 9.07. The zero-order valence-corrected chi connectivity index (χ0v) is 17.3. The second-order valence-corrected chi connectivity index (χ2v) is 5.47. The second kappa shape index (κ2) is 13.9. The minimum absolute atomic E-state index is 0. The molecule has 0 atom stereocenters. The maximum atomic E-state index is 3.72. The number of hydrogen-bond donors (Lipinski definition) is 0. The van der Waals surface area contributed by atoms with Crippen LogP contribution in [0.3, 0.4) is 0 Å². The Bertz CT molecular complexity index is 557. The Morgan fingerprint density at radius 1 is 0.875 bits per heavy atom. The number of hydrogen-bond acceptors (Lipinski definition) is 0. The van der Waals surface area contributed by atoms with Crippen LogP contribution in [0.1, 0.15) is 44.2 Å². The van der Waals surface area contributed by atoms with Crippen LogP contribution < -0.4 is 0 Å². The molecule has 0 saturated carbocycles. The van der Waals surface area contributed by atoms with E-state index in [0.717, 1.165) is 17.5 Å². The summed E-state index contributed by atoms with van der Waals surface area (Å²) in [5.74, 6) is 0. The Kier molecular flexibility index (Phi) is 13.1. The fourth-order valence-electron chi connectivity index (χ4n) is 2.08. The minimum Gasteiger partial charge on any atom is -0.269 e. The number of allylic oxidation sites excluding steroid dienone is 4. The second-order valence-electron chi connectivity index (χ2n) is 5.47. The zero-order chi connectivity index (χ0) is 16.9.